The number of hydrogen-bond acceptors (Lipinski definition) is 20. The summed E-state index contributed by atoms with van der Waals surface area (Å²) in [5, 5.41) is 6.01. The lowest BCUT2D eigenvalue weighted by molar-refractivity contribution is -0.111. The molecule has 2 amide bonds. The fraction of sp³-hybridized carbons (Fsp3) is 0.308. The van der Waals surface area contributed by atoms with Crippen molar-refractivity contribution in [1.82, 2.24) is 18.1 Å². The molecule has 578 valence electrons. The van der Waals surface area contributed by atoms with Crippen LogP contribution in [0.5, 0.6) is 23.0 Å². The van der Waals surface area contributed by atoms with Gasteiger partial charge in [-0.25, -0.2) is 71.7 Å². The summed E-state index contributed by atoms with van der Waals surface area (Å²) in [6.45, 7) is 18.2. The van der Waals surface area contributed by atoms with Crippen LogP contribution in [-0.4, -0.2) is 169 Å². The van der Waals surface area contributed by atoms with E-state index in [0.717, 1.165) is 54.8 Å². The van der Waals surface area contributed by atoms with Crippen LogP contribution < -0.4 is 48.8 Å². The van der Waals surface area contributed by atoms with Gasteiger partial charge >= 0.3 is 0 Å². The van der Waals surface area contributed by atoms with Crippen molar-refractivity contribution in [2.24, 2.45) is 20.0 Å². The number of amides is 2. The molecule has 0 saturated heterocycles. The van der Waals surface area contributed by atoms with Crippen molar-refractivity contribution in [2.45, 2.75) is 78.0 Å². The molecule has 0 spiro atoms. The number of anilines is 4. The molecule has 0 saturated carbocycles. The second-order valence-electron chi connectivity index (χ2n) is 25.7. The van der Waals surface area contributed by atoms with E-state index in [4.69, 9.17) is 50.5 Å². The first-order chi connectivity index (χ1) is 51.8. The number of ether oxygens (including phenoxy) is 4. The minimum absolute atomic E-state index is 0.00382. The Morgan fingerprint density at radius 1 is 0.495 bits per heavy atom. The number of fused-ring (bicyclic) bond motifs is 2. The van der Waals surface area contributed by atoms with Crippen molar-refractivity contribution < 1.29 is 62.2 Å². The molecule has 0 bridgehead atoms. The van der Waals surface area contributed by atoms with E-state index >= 15 is 0 Å². The molecule has 26 nitrogen and oxygen atoms in total. The van der Waals surface area contributed by atoms with E-state index in [1.165, 1.54) is 32.4 Å². The van der Waals surface area contributed by atoms with Gasteiger partial charge < -0.3 is 39.4 Å². The molecule has 0 unspecified atom stereocenters. The highest BCUT2D eigenvalue weighted by Gasteiger charge is 2.40. The molecule has 4 N–H and O–H groups in total. The molecule has 31 heteroatoms. The van der Waals surface area contributed by atoms with Crippen molar-refractivity contribution in [2.75, 3.05) is 113 Å². The first-order valence-corrected chi connectivity index (χ1v) is 42.1. The largest absolute Gasteiger partial charge is 0.495 e. The predicted molar refractivity (Wildman–Crippen MR) is 433 cm³/mol. The summed E-state index contributed by atoms with van der Waals surface area (Å²) in [6.07, 6.45) is 2.77. The standard InChI is InChI=1S/C39H45ClN6O7S2.C39H46N6O7S2/c1-7-45(21-19-41-54(6,48)49)30-15-16-31(27(3)24-30)42-37(39(47)44-33-25-29(40)14-18-35(33)52-5)38-43-32-11-8-9-12-36(32)55(50,51)46(38)20-10-22-53-34-17-13-26(2)23-28(34)4;1-7-44(23-21-40-53(6,47)48)30-18-19-31(28(3)26-30)41-37(39(46)43-32-13-8-10-15-35(32)51-5)38-42-33-14-9-11-16-36(33)54(49,50)45(38)22-12-24-52-34-20-17-27(2)25-29(34)4/h8-9,11-18,23-25,41H,7,10,19-22H2,1-6H3,(H,44,47);8-11,13-20,25-26,40H,7,12,21-24H2,1-6H3,(H,43,46). The number of nitrogens with one attached hydrogen (secondary N) is 4. The number of rotatable bonds is 32. The highest BCUT2D eigenvalue weighted by molar-refractivity contribution is 7.90. The number of carbonyl (C=O) groups excluding carboxylic acids is 2. The maximum absolute atomic E-state index is 14.4. The average Bonchev–Trinajstić information content (AvgIpc) is 0.751. The maximum atomic E-state index is 14.4. The molecule has 8 aromatic rings. The fourth-order valence-electron chi connectivity index (χ4n) is 12.0. The van der Waals surface area contributed by atoms with Crippen molar-refractivity contribution >= 4 is 132 Å². The van der Waals surface area contributed by atoms with Crippen LogP contribution in [0, 0.1) is 41.5 Å². The lowest BCUT2D eigenvalue weighted by atomic mass is 10.1. The molecule has 2 heterocycles. The van der Waals surface area contributed by atoms with Gasteiger partial charge in [0.05, 0.1) is 74.1 Å². The number of carbonyl (C=O) groups is 2. The highest BCUT2D eigenvalue weighted by atomic mass is 35.5. The van der Waals surface area contributed by atoms with Gasteiger partial charge in [-0.2, -0.15) is 0 Å². The Hall–Kier alpha value is -10.2. The smallest absolute Gasteiger partial charge is 0.278 e. The van der Waals surface area contributed by atoms with E-state index in [1.807, 2.05) is 126 Å². The summed E-state index contributed by atoms with van der Waals surface area (Å²) >= 11 is 6.29. The lowest BCUT2D eigenvalue weighted by Crippen LogP contribution is -2.47. The van der Waals surface area contributed by atoms with Gasteiger partial charge in [-0.15, -0.1) is 0 Å². The van der Waals surface area contributed by atoms with Crippen LogP contribution in [0.1, 0.15) is 60.1 Å². The molecule has 2 aliphatic heterocycles. The SMILES string of the molecule is CCN(CCNS(C)(=O)=O)c1ccc(N=C(C(=O)Nc2cc(Cl)ccc2OC)C2=Nc3ccccc3S(=O)(=O)N2CCCOc2ccc(C)cc2C)c(C)c1.CCN(CCNS(C)(=O)=O)c1ccc(N=C(C(=O)Nc2ccccc2OC)C2=Nc3ccccc3S(=O)(=O)N2CCCOc2ccc(C)cc2C)c(C)c1. The van der Waals surface area contributed by atoms with Crippen LogP contribution in [0.4, 0.5) is 45.5 Å². The third-order valence-electron chi connectivity index (χ3n) is 17.4. The Bertz CT molecular complexity index is 5290. The van der Waals surface area contributed by atoms with Gasteiger partial charge in [-0.3, -0.25) is 9.59 Å². The Labute approximate surface area is 644 Å². The van der Waals surface area contributed by atoms with Crippen LogP contribution in [-0.2, 0) is 49.7 Å². The molecule has 0 aromatic heterocycles. The number of aryl methyl sites for hydroxylation is 6. The van der Waals surface area contributed by atoms with E-state index in [2.05, 4.69) is 20.1 Å². The highest BCUT2D eigenvalue weighted by Crippen LogP contribution is 2.38. The van der Waals surface area contributed by atoms with Gasteiger partial charge in [0.15, 0.2) is 23.1 Å². The lowest BCUT2D eigenvalue weighted by Gasteiger charge is -2.30. The van der Waals surface area contributed by atoms with Crippen molar-refractivity contribution in [1.29, 1.82) is 0 Å². The topological polar surface area (TPSA) is 318 Å². The number of amidine groups is 2. The number of hydrogen-bond donors (Lipinski definition) is 4. The van der Waals surface area contributed by atoms with E-state index in [0.29, 0.717) is 82.4 Å². The van der Waals surface area contributed by atoms with Gasteiger partial charge in [-0.05, 0) is 181 Å². The number of benzene rings is 8. The number of aliphatic imine (C=N–C) groups is 4. The van der Waals surface area contributed by atoms with Crippen molar-refractivity contribution in [3.8, 4) is 23.0 Å². The number of sulfonamides is 4. The normalized spacial score (nSPS) is 13.8. The fourth-order valence-corrected chi connectivity index (χ4v) is 16.2. The number of halogens is 1. The summed E-state index contributed by atoms with van der Waals surface area (Å²) in [5.74, 6) is 0.354. The monoisotopic (exact) mass is 1580 g/mol. The van der Waals surface area contributed by atoms with Crippen LogP contribution in [0.15, 0.2) is 194 Å². The number of methoxy groups -OCH3 is 2. The zero-order chi connectivity index (χ0) is 79.0. The molecular formula is C78H91ClN12O14S4. The second kappa shape index (κ2) is 36.8. The molecule has 8 aromatic carbocycles. The number of para-hydroxylation sites is 4. The zero-order valence-corrected chi connectivity index (χ0v) is 66.9. The van der Waals surface area contributed by atoms with Crippen LogP contribution >= 0.6 is 11.6 Å². The third kappa shape index (κ3) is 21.6. The summed E-state index contributed by atoms with van der Waals surface area (Å²) in [6, 6.07) is 46.9. The van der Waals surface area contributed by atoms with Crippen molar-refractivity contribution in [3.63, 3.8) is 0 Å². The van der Waals surface area contributed by atoms with Gasteiger partial charge in [0.2, 0.25) is 20.0 Å². The summed E-state index contributed by atoms with van der Waals surface area (Å²) in [7, 11) is -12.2. The molecule has 0 fully saturated rings. The van der Waals surface area contributed by atoms with Gasteiger partial charge in [-0.1, -0.05) is 83.4 Å². The Balaban J connectivity index is 0.000000251. The first kappa shape index (κ1) is 82.8. The molecule has 10 rings (SSSR count). The first-order valence-electron chi connectivity index (χ1n) is 35.0. The second-order valence-corrected chi connectivity index (χ2v) is 33.5. The van der Waals surface area contributed by atoms with E-state index < -0.39 is 51.9 Å². The quantitative estimate of drug-likeness (QED) is 0.0225. The molecule has 0 radical (unpaired) electrons. The Morgan fingerprint density at radius 3 is 1.31 bits per heavy atom. The predicted octanol–water partition coefficient (Wildman–Crippen LogP) is 12.5. The van der Waals surface area contributed by atoms with Gasteiger partial charge in [0.1, 0.15) is 32.8 Å². The summed E-state index contributed by atoms with van der Waals surface area (Å²) < 4.78 is 134. The van der Waals surface area contributed by atoms with E-state index in [9.17, 15) is 43.3 Å². The Kier molecular flexibility index (Phi) is 28.0. The minimum Gasteiger partial charge on any atom is -0.495 e. The molecule has 2 aliphatic rings. The summed E-state index contributed by atoms with van der Waals surface area (Å²) in [4.78, 5) is 52.0. The molecular weight excluding hydrogens is 1490 g/mol. The zero-order valence-electron chi connectivity index (χ0n) is 62.9. The van der Waals surface area contributed by atoms with Gasteiger partial charge in [0, 0.05) is 81.6 Å². The molecule has 0 atom stereocenters. The number of likely N-dealkylation sites (N-methyl/N-ethyl adjacent to an activating group) is 2. The molecule has 109 heavy (non-hydrogen) atoms. The maximum Gasteiger partial charge on any atom is 0.278 e. The van der Waals surface area contributed by atoms with Crippen LogP contribution in [0.2, 0.25) is 5.02 Å². The van der Waals surface area contributed by atoms with Crippen LogP contribution in [0.25, 0.3) is 0 Å². The number of nitrogens with zero attached hydrogens (tertiary/aromatic N) is 8. The Morgan fingerprint density at radius 2 is 0.899 bits per heavy atom. The van der Waals surface area contributed by atoms with E-state index in [-0.39, 0.29) is 102 Å². The average molecular weight is 1580 g/mol. The van der Waals surface area contributed by atoms with Gasteiger partial charge in [0.25, 0.3) is 31.9 Å². The minimum atomic E-state index is -4.22. The third-order valence-corrected chi connectivity index (χ3v) is 22.8. The van der Waals surface area contributed by atoms with E-state index in [1.54, 1.807) is 84.9 Å². The summed E-state index contributed by atoms with van der Waals surface area (Å²) in [5.41, 5.74) is 8.36. The van der Waals surface area contributed by atoms with Crippen LogP contribution in [0.3, 0.4) is 0 Å². The molecule has 0 aliphatic carbocycles. The van der Waals surface area contributed by atoms with Crippen molar-refractivity contribution in [3.05, 3.63) is 202 Å².